The lowest BCUT2D eigenvalue weighted by Gasteiger charge is -2.11. The Labute approximate surface area is 102 Å². The molecule has 3 nitrogen and oxygen atoms in total. The van der Waals surface area contributed by atoms with Crippen LogP contribution in [0, 0.1) is 0 Å². The lowest BCUT2D eigenvalue weighted by Crippen LogP contribution is -2.18. The van der Waals surface area contributed by atoms with Gasteiger partial charge in [-0.05, 0) is 39.4 Å². The molecule has 2 heterocycles. The maximum absolute atomic E-state index is 4.75. The number of hydrogen-bond donors (Lipinski definition) is 1. The molecule has 0 radical (unpaired) electrons. The van der Waals surface area contributed by atoms with Crippen molar-refractivity contribution in [3.05, 3.63) is 15.6 Å². The molecule has 1 aliphatic rings. The van der Waals surface area contributed by atoms with Gasteiger partial charge in [0.15, 0.2) is 0 Å². The first-order chi connectivity index (χ1) is 7.83. The van der Waals surface area contributed by atoms with Gasteiger partial charge in [0.2, 0.25) is 0 Å². The van der Waals surface area contributed by atoms with E-state index in [4.69, 9.17) is 4.98 Å². The number of aryl methyl sites for hydroxylation is 1. The highest BCUT2D eigenvalue weighted by atomic mass is 32.1. The number of hydrogen-bond acceptors (Lipinski definition) is 4. The van der Waals surface area contributed by atoms with Gasteiger partial charge in [-0.1, -0.05) is 6.92 Å². The second-order valence-electron chi connectivity index (χ2n) is 4.34. The summed E-state index contributed by atoms with van der Waals surface area (Å²) in [5.41, 5.74) is 1.29. The molecule has 0 unspecified atom stereocenters. The summed E-state index contributed by atoms with van der Waals surface area (Å²) in [6.45, 7) is 6.71. The lowest BCUT2D eigenvalue weighted by atomic mass is 10.3. The number of likely N-dealkylation sites (tertiary alicyclic amines) is 1. The molecule has 1 aliphatic heterocycles. The largest absolute Gasteiger partial charge is 0.315 e. The van der Waals surface area contributed by atoms with Crippen LogP contribution in [-0.2, 0) is 19.5 Å². The molecule has 2 rings (SSSR count). The van der Waals surface area contributed by atoms with E-state index in [-0.39, 0.29) is 0 Å². The summed E-state index contributed by atoms with van der Waals surface area (Å²) in [4.78, 5) is 8.68. The van der Waals surface area contributed by atoms with Crippen LogP contribution < -0.4 is 5.32 Å². The number of rotatable bonds is 5. The highest BCUT2D eigenvalue weighted by molar-refractivity contribution is 7.11. The topological polar surface area (TPSA) is 28.2 Å². The Hall–Kier alpha value is -0.450. The fourth-order valence-electron chi connectivity index (χ4n) is 2.21. The molecule has 16 heavy (non-hydrogen) atoms. The van der Waals surface area contributed by atoms with Crippen molar-refractivity contribution < 1.29 is 0 Å². The van der Waals surface area contributed by atoms with Gasteiger partial charge in [-0.3, -0.25) is 4.90 Å². The molecule has 1 fully saturated rings. The summed E-state index contributed by atoms with van der Waals surface area (Å²) in [5, 5.41) is 4.52. The Morgan fingerprint density at radius 1 is 1.38 bits per heavy atom. The van der Waals surface area contributed by atoms with Crippen LogP contribution in [0.2, 0.25) is 0 Å². The van der Waals surface area contributed by atoms with E-state index >= 15 is 0 Å². The number of nitrogens with zero attached hydrogens (tertiary/aromatic N) is 2. The lowest BCUT2D eigenvalue weighted by molar-refractivity contribution is 0.330. The van der Waals surface area contributed by atoms with Crippen LogP contribution in [-0.4, -0.2) is 30.0 Å². The summed E-state index contributed by atoms with van der Waals surface area (Å²) in [5.74, 6) is 0. The Morgan fingerprint density at radius 2 is 2.12 bits per heavy atom. The van der Waals surface area contributed by atoms with E-state index in [1.807, 2.05) is 18.4 Å². The predicted molar refractivity (Wildman–Crippen MR) is 68.8 cm³/mol. The van der Waals surface area contributed by atoms with Gasteiger partial charge >= 0.3 is 0 Å². The molecule has 0 bridgehead atoms. The average Bonchev–Trinajstić information content (AvgIpc) is 2.89. The zero-order chi connectivity index (χ0) is 11.4. The Bertz CT molecular complexity index is 329. The van der Waals surface area contributed by atoms with Gasteiger partial charge < -0.3 is 5.32 Å². The van der Waals surface area contributed by atoms with Crippen molar-refractivity contribution in [2.45, 2.75) is 39.3 Å². The first-order valence-electron chi connectivity index (χ1n) is 6.18. The first kappa shape index (κ1) is 12.0. The summed E-state index contributed by atoms with van der Waals surface area (Å²) in [6, 6.07) is 0. The van der Waals surface area contributed by atoms with Gasteiger partial charge in [-0.2, -0.15) is 0 Å². The Morgan fingerprint density at radius 3 is 2.75 bits per heavy atom. The molecule has 1 aromatic rings. The molecule has 0 saturated carbocycles. The van der Waals surface area contributed by atoms with Gasteiger partial charge in [0.1, 0.15) is 5.01 Å². The van der Waals surface area contributed by atoms with Crippen LogP contribution in [0.3, 0.4) is 0 Å². The van der Waals surface area contributed by atoms with Crippen LogP contribution in [0.5, 0.6) is 0 Å². The van der Waals surface area contributed by atoms with Gasteiger partial charge in [0.25, 0.3) is 0 Å². The molecule has 0 aromatic carbocycles. The fraction of sp³-hybridized carbons (Fsp3) is 0.750. The molecule has 0 atom stereocenters. The van der Waals surface area contributed by atoms with E-state index in [0.717, 1.165) is 19.5 Å². The third kappa shape index (κ3) is 2.81. The third-order valence-electron chi connectivity index (χ3n) is 3.05. The molecular weight excluding hydrogens is 218 g/mol. The smallest absolute Gasteiger partial charge is 0.107 e. The number of aromatic nitrogens is 1. The van der Waals surface area contributed by atoms with Crippen molar-refractivity contribution in [1.82, 2.24) is 15.2 Å². The number of thiazole rings is 1. The van der Waals surface area contributed by atoms with E-state index in [1.165, 1.54) is 41.5 Å². The zero-order valence-electron chi connectivity index (χ0n) is 10.3. The van der Waals surface area contributed by atoms with Crippen LogP contribution in [0.4, 0.5) is 0 Å². The Kier molecular flexibility index (Phi) is 4.32. The quantitative estimate of drug-likeness (QED) is 0.852. The molecule has 1 N–H and O–H groups in total. The van der Waals surface area contributed by atoms with E-state index in [9.17, 15) is 0 Å². The molecular formula is C12H21N3S. The van der Waals surface area contributed by atoms with Crippen LogP contribution in [0.1, 0.15) is 35.3 Å². The van der Waals surface area contributed by atoms with Crippen molar-refractivity contribution >= 4 is 11.3 Å². The molecule has 0 aliphatic carbocycles. The van der Waals surface area contributed by atoms with Crippen molar-refractivity contribution in [3.8, 4) is 0 Å². The SMILES string of the molecule is CCc1nc(CN2CCCC2)sc1CNC. The minimum absolute atomic E-state index is 0.959. The second kappa shape index (κ2) is 5.75. The predicted octanol–water partition coefficient (Wildman–Crippen LogP) is 2.02. The van der Waals surface area contributed by atoms with Crippen LogP contribution in [0.15, 0.2) is 0 Å². The highest BCUT2D eigenvalue weighted by Crippen LogP contribution is 2.22. The first-order valence-corrected chi connectivity index (χ1v) is 6.99. The van der Waals surface area contributed by atoms with Crippen molar-refractivity contribution in [3.63, 3.8) is 0 Å². The third-order valence-corrected chi connectivity index (χ3v) is 4.13. The van der Waals surface area contributed by atoms with Crippen molar-refractivity contribution in [2.75, 3.05) is 20.1 Å². The summed E-state index contributed by atoms with van der Waals surface area (Å²) >= 11 is 1.88. The van der Waals surface area contributed by atoms with Crippen molar-refractivity contribution in [1.29, 1.82) is 0 Å². The Balaban J connectivity index is 2.02. The normalized spacial score (nSPS) is 17.1. The zero-order valence-corrected chi connectivity index (χ0v) is 11.1. The standard InChI is InChI=1S/C12H21N3S/c1-3-10-11(8-13-2)16-12(14-10)9-15-6-4-5-7-15/h13H,3-9H2,1-2H3. The number of nitrogens with one attached hydrogen (secondary N) is 1. The van der Waals surface area contributed by atoms with Crippen molar-refractivity contribution in [2.24, 2.45) is 0 Å². The molecule has 90 valence electrons. The van der Waals surface area contributed by atoms with Gasteiger partial charge in [0.05, 0.1) is 12.2 Å². The van der Waals surface area contributed by atoms with E-state index < -0.39 is 0 Å². The molecule has 1 saturated heterocycles. The molecule has 4 heteroatoms. The minimum atomic E-state index is 0.959. The summed E-state index contributed by atoms with van der Waals surface area (Å²) < 4.78 is 0. The average molecular weight is 239 g/mol. The minimum Gasteiger partial charge on any atom is -0.315 e. The van der Waals surface area contributed by atoms with E-state index in [0.29, 0.717) is 0 Å². The van der Waals surface area contributed by atoms with Gasteiger partial charge in [-0.15, -0.1) is 11.3 Å². The van der Waals surface area contributed by atoms with E-state index in [2.05, 4.69) is 17.1 Å². The van der Waals surface area contributed by atoms with Gasteiger partial charge in [0, 0.05) is 11.4 Å². The van der Waals surface area contributed by atoms with Crippen LogP contribution in [0.25, 0.3) is 0 Å². The fourth-order valence-corrected chi connectivity index (χ4v) is 3.42. The molecule has 0 spiro atoms. The summed E-state index contributed by atoms with van der Waals surface area (Å²) in [6.07, 6.45) is 3.76. The molecule has 1 aromatic heterocycles. The maximum atomic E-state index is 4.75. The monoisotopic (exact) mass is 239 g/mol. The highest BCUT2D eigenvalue weighted by Gasteiger charge is 2.15. The van der Waals surface area contributed by atoms with Crippen LogP contribution >= 0.6 is 11.3 Å². The second-order valence-corrected chi connectivity index (χ2v) is 5.51. The van der Waals surface area contributed by atoms with E-state index in [1.54, 1.807) is 0 Å². The van der Waals surface area contributed by atoms with Gasteiger partial charge in [-0.25, -0.2) is 4.98 Å². The maximum Gasteiger partial charge on any atom is 0.107 e. The summed E-state index contributed by atoms with van der Waals surface area (Å²) in [7, 11) is 2.00. The molecule has 0 amide bonds.